The Hall–Kier alpha value is -1.78. The van der Waals surface area contributed by atoms with E-state index in [0.717, 1.165) is 26.8 Å². The van der Waals surface area contributed by atoms with Gasteiger partial charge in [0.05, 0.1) is 21.9 Å². The first-order valence-electron chi connectivity index (χ1n) is 6.00. The summed E-state index contributed by atoms with van der Waals surface area (Å²) in [6.45, 7) is 0. The Morgan fingerprint density at radius 2 is 2.00 bits per heavy atom. The van der Waals surface area contributed by atoms with Crippen molar-refractivity contribution in [1.29, 1.82) is 0 Å². The molecule has 3 aromatic rings. The first kappa shape index (κ1) is 13.2. The standard InChI is InChI=1S/C15H11BrClN3/c16-11-8-9(3-4-12(11)17)20-14-6-5-13-10(15(14)18)2-1-7-19-13/h1-8,20H,18H2. The van der Waals surface area contributed by atoms with Gasteiger partial charge in [0.2, 0.25) is 0 Å². The third-order valence-corrected chi connectivity index (χ3v) is 4.24. The molecule has 3 nitrogen and oxygen atoms in total. The van der Waals surface area contributed by atoms with Crippen molar-refractivity contribution >= 4 is 55.5 Å². The van der Waals surface area contributed by atoms with Crippen LogP contribution in [0.1, 0.15) is 0 Å². The van der Waals surface area contributed by atoms with E-state index >= 15 is 0 Å². The molecule has 2 aromatic carbocycles. The third kappa shape index (κ3) is 2.44. The van der Waals surface area contributed by atoms with Crippen LogP contribution in [0.4, 0.5) is 17.1 Å². The molecular weight excluding hydrogens is 338 g/mol. The van der Waals surface area contributed by atoms with Crippen molar-refractivity contribution in [2.24, 2.45) is 0 Å². The highest BCUT2D eigenvalue weighted by atomic mass is 79.9. The van der Waals surface area contributed by atoms with Crippen LogP contribution in [0.25, 0.3) is 10.9 Å². The van der Waals surface area contributed by atoms with Crippen LogP contribution in [-0.2, 0) is 0 Å². The van der Waals surface area contributed by atoms with Gasteiger partial charge in [-0.3, -0.25) is 4.98 Å². The molecule has 1 aromatic heterocycles. The molecule has 0 saturated heterocycles. The fraction of sp³-hybridized carbons (Fsp3) is 0. The SMILES string of the molecule is Nc1c(Nc2ccc(Cl)c(Br)c2)ccc2ncccc12. The number of halogens is 2. The normalized spacial score (nSPS) is 10.7. The second kappa shape index (κ2) is 5.31. The van der Waals surface area contributed by atoms with Gasteiger partial charge in [0.25, 0.3) is 0 Å². The number of hydrogen-bond donors (Lipinski definition) is 2. The highest BCUT2D eigenvalue weighted by Gasteiger charge is 2.06. The minimum Gasteiger partial charge on any atom is -0.396 e. The van der Waals surface area contributed by atoms with Gasteiger partial charge in [0.15, 0.2) is 0 Å². The number of rotatable bonds is 2. The molecule has 0 radical (unpaired) electrons. The predicted molar refractivity (Wildman–Crippen MR) is 88.6 cm³/mol. The van der Waals surface area contributed by atoms with Crippen molar-refractivity contribution in [2.75, 3.05) is 11.1 Å². The largest absolute Gasteiger partial charge is 0.396 e. The Morgan fingerprint density at radius 3 is 2.80 bits per heavy atom. The summed E-state index contributed by atoms with van der Waals surface area (Å²) in [5.41, 5.74) is 9.52. The molecule has 0 aliphatic rings. The van der Waals surface area contributed by atoms with E-state index in [1.165, 1.54) is 0 Å². The topological polar surface area (TPSA) is 50.9 Å². The quantitative estimate of drug-likeness (QED) is 0.642. The molecule has 0 fully saturated rings. The summed E-state index contributed by atoms with van der Waals surface area (Å²) >= 11 is 9.39. The molecule has 3 rings (SSSR count). The van der Waals surface area contributed by atoms with Crippen LogP contribution in [0.2, 0.25) is 5.02 Å². The molecule has 100 valence electrons. The van der Waals surface area contributed by atoms with E-state index < -0.39 is 0 Å². The lowest BCUT2D eigenvalue weighted by Gasteiger charge is -2.12. The molecule has 0 unspecified atom stereocenters. The molecule has 0 atom stereocenters. The van der Waals surface area contributed by atoms with Gasteiger partial charge in [-0.25, -0.2) is 0 Å². The van der Waals surface area contributed by atoms with Gasteiger partial charge >= 0.3 is 0 Å². The van der Waals surface area contributed by atoms with Gasteiger partial charge in [0.1, 0.15) is 0 Å². The second-order valence-electron chi connectivity index (χ2n) is 4.35. The monoisotopic (exact) mass is 347 g/mol. The Balaban J connectivity index is 2.02. The van der Waals surface area contributed by atoms with E-state index in [2.05, 4.69) is 26.2 Å². The number of fused-ring (bicyclic) bond motifs is 1. The number of aromatic nitrogens is 1. The molecule has 5 heteroatoms. The number of nitrogens with two attached hydrogens (primary N) is 1. The Kier molecular flexibility index (Phi) is 3.51. The number of hydrogen-bond acceptors (Lipinski definition) is 3. The molecule has 1 heterocycles. The zero-order chi connectivity index (χ0) is 14.1. The van der Waals surface area contributed by atoms with E-state index in [-0.39, 0.29) is 0 Å². The maximum atomic E-state index is 6.19. The van der Waals surface area contributed by atoms with E-state index in [9.17, 15) is 0 Å². The predicted octanol–water partition coefficient (Wildman–Crippen LogP) is 4.98. The van der Waals surface area contributed by atoms with Crippen LogP contribution < -0.4 is 11.1 Å². The van der Waals surface area contributed by atoms with Gasteiger partial charge in [-0.1, -0.05) is 11.6 Å². The van der Waals surface area contributed by atoms with Crippen molar-refractivity contribution in [3.8, 4) is 0 Å². The van der Waals surface area contributed by atoms with Crippen LogP contribution in [0.15, 0.2) is 53.1 Å². The summed E-state index contributed by atoms with van der Waals surface area (Å²) in [7, 11) is 0. The lowest BCUT2D eigenvalue weighted by Crippen LogP contribution is -1.97. The van der Waals surface area contributed by atoms with Gasteiger partial charge in [-0.2, -0.15) is 0 Å². The Bertz CT molecular complexity index is 789. The average molecular weight is 349 g/mol. The zero-order valence-electron chi connectivity index (χ0n) is 10.4. The van der Waals surface area contributed by atoms with Gasteiger partial charge in [0, 0.05) is 21.7 Å². The summed E-state index contributed by atoms with van der Waals surface area (Å²) in [4.78, 5) is 4.28. The van der Waals surface area contributed by atoms with Gasteiger partial charge in [-0.15, -0.1) is 0 Å². The first-order chi connectivity index (χ1) is 9.65. The zero-order valence-corrected chi connectivity index (χ0v) is 12.7. The van der Waals surface area contributed by atoms with Crippen LogP contribution in [0, 0.1) is 0 Å². The second-order valence-corrected chi connectivity index (χ2v) is 5.61. The molecule has 0 bridgehead atoms. The van der Waals surface area contributed by atoms with Crippen LogP contribution in [0.5, 0.6) is 0 Å². The van der Waals surface area contributed by atoms with Gasteiger partial charge < -0.3 is 11.1 Å². The molecule has 3 N–H and O–H groups in total. The minimum absolute atomic E-state index is 0.672. The fourth-order valence-electron chi connectivity index (χ4n) is 2.01. The molecule has 0 aliphatic heterocycles. The van der Waals surface area contributed by atoms with E-state index in [1.54, 1.807) is 6.20 Å². The molecule has 0 saturated carbocycles. The molecule has 0 amide bonds. The van der Waals surface area contributed by atoms with E-state index in [4.69, 9.17) is 17.3 Å². The number of benzene rings is 2. The van der Waals surface area contributed by atoms with Crippen LogP contribution in [-0.4, -0.2) is 4.98 Å². The smallest absolute Gasteiger partial charge is 0.0724 e. The summed E-state index contributed by atoms with van der Waals surface area (Å²) in [6.07, 6.45) is 1.76. The van der Waals surface area contributed by atoms with E-state index in [0.29, 0.717) is 10.7 Å². The highest BCUT2D eigenvalue weighted by Crippen LogP contribution is 2.32. The lowest BCUT2D eigenvalue weighted by molar-refractivity contribution is 1.41. The number of nitrogens with one attached hydrogen (secondary N) is 1. The molecule has 0 aliphatic carbocycles. The maximum absolute atomic E-state index is 6.19. The van der Waals surface area contributed by atoms with Crippen molar-refractivity contribution in [3.05, 3.63) is 58.2 Å². The summed E-state index contributed by atoms with van der Waals surface area (Å²) in [6, 6.07) is 13.3. The minimum atomic E-state index is 0.672. The molecular formula is C15H11BrClN3. The summed E-state index contributed by atoms with van der Waals surface area (Å²) in [5.74, 6) is 0. The number of anilines is 3. The number of pyridine rings is 1. The van der Waals surface area contributed by atoms with Crippen molar-refractivity contribution in [3.63, 3.8) is 0 Å². The Labute approximate surface area is 129 Å². The van der Waals surface area contributed by atoms with Crippen molar-refractivity contribution < 1.29 is 0 Å². The lowest BCUT2D eigenvalue weighted by atomic mass is 10.1. The molecule has 20 heavy (non-hydrogen) atoms. The number of nitrogens with zero attached hydrogens (tertiary/aromatic N) is 1. The van der Waals surface area contributed by atoms with Crippen LogP contribution >= 0.6 is 27.5 Å². The Morgan fingerprint density at radius 1 is 1.15 bits per heavy atom. The fourth-order valence-corrected chi connectivity index (χ4v) is 2.51. The highest BCUT2D eigenvalue weighted by molar-refractivity contribution is 9.10. The summed E-state index contributed by atoms with van der Waals surface area (Å²) in [5, 5.41) is 4.90. The van der Waals surface area contributed by atoms with Crippen molar-refractivity contribution in [2.45, 2.75) is 0 Å². The number of nitrogen functional groups attached to an aromatic ring is 1. The molecule has 0 spiro atoms. The summed E-state index contributed by atoms with van der Waals surface area (Å²) < 4.78 is 0.838. The van der Waals surface area contributed by atoms with Gasteiger partial charge in [-0.05, 0) is 58.4 Å². The third-order valence-electron chi connectivity index (χ3n) is 3.03. The maximum Gasteiger partial charge on any atom is 0.0724 e. The van der Waals surface area contributed by atoms with Crippen LogP contribution in [0.3, 0.4) is 0 Å². The average Bonchev–Trinajstić information content (AvgIpc) is 2.46. The first-order valence-corrected chi connectivity index (χ1v) is 7.17. The van der Waals surface area contributed by atoms with Crippen molar-refractivity contribution in [1.82, 2.24) is 4.98 Å². The van der Waals surface area contributed by atoms with E-state index in [1.807, 2.05) is 42.5 Å².